The van der Waals surface area contributed by atoms with Gasteiger partial charge in [-0.05, 0) is 31.9 Å². The second-order valence-electron chi connectivity index (χ2n) is 3.37. The summed E-state index contributed by atoms with van der Waals surface area (Å²) in [6, 6.07) is 0. The number of nitrogens with one attached hydrogen (secondary N) is 2. The largest absolute Gasteiger partial charge is 0.522 e. The second-order valence-corrected chi connectivity index (χ2v) is 4.78. The van der Waals surface area contributed by atoms with Gasteiger partial charge in [-0.2, -0.15) is 21.6 Å². The van der Waals surface area contributed by atoms with Crippen LogP contribution in [0.1, 0.15) is 39.0 Å². The summed E-state index contributed by atoms with van der Waals surface area (Å²) < 4.78 is 57.5. The SMILES string of the molecule is CCCCC(=N)CCC=N.O=S(=O)(O)C(F)(F)F. The first kappa shape index (κ1) is 19.4. The summed E-state index contributed by atoms with van der Waals surface area (Å²) in [6.07, 6.45) is 6.10. The van der Waals surface area contributed by atoms with Crippen molar-refractivity contribution in [2.75, 3.05) is 0 Å². The Morgan fingerprint density at radius 2 is 1.78 bits per heavy atom. The second kappa shape index (κ2) is 9.03. The molecule has 3 N–H and O–H groups in total. The molecule has 0 aliphatic carbocycles. The summed E-state index contributed by atoms with van der Waals surface area (Å²) in [6.45, 7) is 2.13. The van der Waals surface area contributed by atoms with Crippen molar-refractivity contribution in [3.63, 3.8) is 0 Å². The lowest BCUT2D eigenvalue weighted by molar-refractivity contribution is -0.0510. The van der Waals surface area contributed by atoms with Crippen molar-refractivity contribution >= 4 is 22.0 Å². The van der Waals surface area contributed by atoms with Crippen LogP contribution in [0.3, 0.4) is 0 Å². The van der Waals surface area contributed by atoms with Gasteiger partial charge in [-0.1, -0.05) is 13.3 Å². The molecule has 0 atom stereocenters. The van der Waals surface area contributed by atoms with E-state index in [1.807, 2.05) is 0 Å². The smallest absolute Gasteiger partial charge is 0.313 e. The van der Waals surface area contributed by atoms with Crippen LogP contribution in [0.5, 0.6) is 0 Å². The van der Waals surface area contributed by atoms with Crippen molar-refractivity contribution in [3.8, 4) is 0 Å². The summed E-state index contributed by atoms with van der Waals surface area (Å²) >= 11 is 0. The normalized spacial score (nSPS) is 11.4. The average Bonchev–Trinajstić information content (AvgIpc) is 2.21. The molecule has 0 saturated heterocycles. The number of hydrogen-bond acceptors (Lipinski definition) is 4. The van der Waals surface area contributed by atoms with Crippen LogP contribution in [0.15, 0.2) is 0 Å². The molecular formula is C9H17F3N2O3S. The van der Waals surface area contributed by atoms with Crippen molar-refractivity contribution in [1.29, 1.82) is 10.8 Å². The highest BCUT2D eigenvalue weighted by Crippen LogP contribution is 2.20. The molecular weight excluding hydrogens is 273 g/mol. The fourth-order valence-electron chi connectivity index (χ4n) is 0.762. The molecule has 9 heteroatoms. The molecule has 18 heavy (non-hydrogen) atoms. The molecule has 0 fully saturated rings. The van der Waals surface area contributed by atoms with E-state index < -0.39 is 15.6 Å². The van der Waals surface area contributed by atoms with E-state index in [9.17, 15) is 13.2 Å². The summed E-state index contributed by atoms with van der Waals surface area (Å²) in [7, 11) is -5.84. The van der Waals surface area contributed by atoms with Crippen LogP contribution < -0.4 is 0 Å². The van der Waals surface area contributed by atoms with Crippen LogP contribution in [0.4, 0.5) is 13.2 Å². The highest BCUT2D eigenvalue weighted by atomic mass is 32.2. The molecule has 0 aromatic heterocycles. The minimum absolute atomic E-state index is 0.739. The maximum Gasteiger partial charge on any atom is 0.522 e. The molecule has 0 bridgehead atoms. The lowest BCUT2D eigenvalue weighted by atomic mass is 10.1. The van der Waals surface area contributed by atoms with Crippen LogP contribution in [-0.2, 0) is 10.1 Å². The summed E-state index contributed by atoms with van der Waals surface area (Å²) in [4.78, 5) is 0. The van der Waals surface area contributed by atoms with E-state index in [4.69, 9.17) is 23.8 Å². The molecule has 0 amide bonds. The number of alkyl halides is 3. The van der Waals surface area contributed by atoms with Gasteiger partial charge in [0.2, 0.25) is 0 Å². The molecule has 108 valence electrons. The topological polar surface area (TPSA) is 102 Å². The molecule has 0 aromatic carbocycles. The van der Waals surface area contributed by atoms with Gasteiger partial charge in [-0.15, -0.1) is 0 Å². The standard InChI is InChI=1S/C8H16N2.CHF3O3S/c1-2-3-5-8(10)6-4-7-9;2-1(3,4)8(5,6)7/h7,9-10H,2-6H2,1H3;(H,5,6,7). The van der Waals surface area contributed by atoms with Gasteiger partial charge in [0, 0.05) is 5.71 Å². The molecule has 0 radical (unpaired) electrons. The van der Waals surface area contributed by atoms with E-state index in [-0.39, 0.29) is 0 Å². The molecule has 0 aliphatic rings. The predicted molar refractivity (Wildman–Crippen MR) is 62.9 cm³/mol. The van der Waals surface area contributed by atoms with Gasteiger partial charge in [-0.3, -0.25) is 4.55 Å². The predicted octanol–water partition coefficient (Wildman–Crippen LogP) is 3.02. The maximum atomic E-state index is 10.7. The fraction of sp³-hybridized carbons (Fsp3) is 0.778. The third-order valence-corrected chi connectivity index (χ3v) is 2.30. The zero-order chi connectivity index (χ0) is 14.8. The first-order valence-corrected chi connectivity index (χ1v) is 6.59. The molecule has 0 rings (SSSR count). The fourth-order valence-corrected chi connectivity index (χ4v) is 0.762. The number of halogens is 3. The Morgan fingerprint density at radius 3 is 2.06 bits per heavy atom. The first-order chi connectivity index (χ1) is 8.06. The van der Waals surface area contributed by atoms with E-state index in [0.29, 0.717) is 0 Å². The number of rotatable bonds is 6. The molecule has 0 heterocycles. The van der Waals surface area contributed by atoms with Gasteiger partial charge in [0.05, 0.1) is 0 Å². The van der Waals surface area contributed by atoms with Crippen LogP contribution >= 0.6 is 0 Å². The quantitative estimate of drug-likeness (QED) is 0.398. The van der Waals surface area contributed by atoms with Gasteiger partial charge in [0.1, 0.15) is 0 Å². The first-order valence-electron chi connectivity index (χ1n) is 5.15. The van der Waals surface area contributed by atoms with Gasteiger partial charge >= 0.3 is 15.6 Å². The zero-order valence-electron chi connectivity index (χ0n) is 9.92. The van der Waals surface area contributed by atoms with Crippen molar-refractivity contribution in [2.45, 2.75) is 44.5 Å². The minimum atomic E-state index is -5.84. The van der Waals surface area contributed by atoms with E-state index >= 15 is 0 Å². The minimum Gasteiger partial charge on any atom is -0.313 e. The average molecular weight is 290 g/mol. The van der Waals surface area contributed by atoms with Crippen molar-refractivity contribution in [1.82, 2.24) is 0 Å². The Balaban J connectivity index is 0. The Kier molecular flexibility index (Phi) is 9.73. The number of hydrogen-bond donors (Lipinski definition) is 3. The van der Waals surface area contributed by atoms with Crippen LogP contribution in [0, 0.1) is 10.8 Å². The molecule has 0 saturated carbocycles. The van der Waals surface area contributed by atoms with Gasteiger partial charge < -0.3 is 10.8 Å². The molecule has 0 aliphatic heterocycles. The Labute approximate surface area is 104 Å². The van der Waals surface area contributed by atoms with Crippen LogP contribution in [-0.4, -0.2) is 30.4 Å². The highest BCUT2D eigenvalue weighted by Gasteiger charge is 2.44. The molecule has 5 nitrogen and oxygen atoms in total. The van der Waals surface area contributed by atoms with Gasteiger partial charge in [-0.25, -0.2) is 0 Å². The zero-order valence-corrected chi connectivity index (χ0v) is 10.7. The Morgan fingerprint density at radius 1 is 1.33 bits per heavy atom. The molecule has 0 spiro atoms. The Hall–Kier alpha value is -0.960. The van der Waals surface area contributed by atoms with Crippen LogP contribution in [0.25, 0.3) is 0 Å². The van der Waals surface area contributed by atoms with Crippen molar-refractivity contribution in [3.05, 3.63) is 0 Å². The van der Waals surface area contributed by atoms with E-state index in [2.05, 4.69) is 6.92 Å². The van der Waals surface area contributed by atoms with E-state index in [1.165, 1.54) is 6.21 Å². The maximum absolute atomic E-state index is 10.7. The van der Waals surface area contributed by atoms with Gasteiger partial charge in [0.15, 0.2) is 0 Å². The lowest BCUT2D eigenvalue weighted by Gasteiger charge is -1.98. The van der Waals surface area contributed by atoms with E-state index in [1.54, 1.807) is 0 Å². The van der Waals surface area contributed by atoms with Crippen LogP contribution in [0.2, 0.25) is 0 Å². The highest BCUT2D eigenvalue weighted by molar-refractivity contribution is 7.86. The molecule has 0 unspecified atom stereocenters. The third-order valence-electron chi connectivity index (χ3n) is 1.72. The number of unbranched alkanes of at least 4 members (excludes halogenated alkanes) is 1. The van der Waals surface area contributed by atoms with Crippen molar-refractivity contribution in [2.24, 2.45) is 0 Å². The summed E-state index contributed by atoms with van der Waals surface area (Å²) in [5.74, 6) is 0. The third kappa shape index (κ3) is 11.5. The van der Waals surface area contributed by atoms with Gasteiger partial charge in [0.25, 0.3) is 0 Å². The lowest BCUT2D eigenvalue weighted by Crippen LogP contribution is -2.21. The van der Waals surface area contributed by atoms with E-state index in [0.717, 1.165) is 37.8 Å². The molecule has 0 aromatic rings. The summed E-state index contributed by atoms with van der Waals surface area (Å²) in [5.41, 5.74) is -4.74. The van der Waals surface area contributed by atoms with Crippen molar-refractivity contribution < 1.29 is 26.1 Å². The monoisotopic (exact) mass is 290 g/mol. The summed E-state index contributed by atoms with van der Waals surface area (Å²) in [5, 5.41) is 14.1. The Bertz CT molecular complexity index is 353.